The van der Waals surface area contributed by atoms with Crippen molar-refractivity contribution in [3.63, 3.8) is 0 Å². The highest BCUT2D eigenvalue weighted by atomic mass is 14.5. The highest BCUT2D eigenvalue weighted by molar-refractivity contribution is 5.29. The summed E-state index contributed by atoms with van der Waals surface area (Å²) in [6, 6.07) is 8.43. The lowest BCUT2D eigenvalue weighted by atomic mass is 10.0. The average molecular weight is 227 g/mol. The third-order valence-corrected chi connectivity index (χ3v) is 2.62. The molecule has 2 N–H and O–H groups in total. The van der Waals surface area contributed by atoms with Crippen LogP contribution in [0.5, 0.6) is 0 Å². The lowest BCUT2D eigenvalue weighted by Gasteiger charge is -2.05. The topological polar surface area (TPSA) is 26.0 Å². The molecular weight excluding hydrogens is 206 g/mol. The van der Waals surface area contributed by atoms with E-state index in [0.29, 0.717) is 6.54 Å². The molecule has 0 heterocycles. The van der Waals surface area contributed by atoms with E-state index in [0.717, 1.165) is 18.4 Å². The third kappa shape index (κ3) is 4.83. The van der Waals surface area contributed by atoms with E-state index >= 15 is 0 Å². The van der Waals surface area contributed by atoms with Gasteiger partial charge in [-0.2, -0.15) is 0 Å². The molecule has 1 aromatic carbocycles. The van der Waals surface area contributed by atoms with E-state index in [4.69, 9.17) is 5.73 Å². The van der Waals surface area contributed by atoms with Crippen molar-refractivity contribution < 1.29 is 0 Å². The molecule has 0 fully saturated rings. The molecule has 0 saturated heterocycles. The lowest BCUT2D eigenvalue weighted by Crippen LogP contribution is -1.97. The van der Waals surface area contributed by atoms with Gasteiger partial charge in [0.2, 0.25) is 0 Å². The van der Waals surface area contributed by atoms with Crippen LogP contribution in [0.25, 0.3) is 0 Å². The monoisotopic (exact) mass is 227 g/mol. The molecule has 0 aliphatic carbocycles. The fourth-order valence-electron chi connectivity index (χ4n) is 1.75. The molecule has 1 aromatic rings. The molecule has 1 heteroatoms. The van der Waals surface area contributed by atoms with Gasteiger partial charge in [-0.25, -0.2) is 0 Å². The van der Waals surface area contributed by atoms with Crippen molar-refractivity contribution in [2.24, 2.45) is 5.73 Å². The van der Waals surface area contributed by atoms with Crippen LogP contribution < -0.4 is 5.73 Å². The number of hydrogen-bond acceptors (Lipinski definition) is 1. The van der Waals surface area contributed by atoms with Crippen molar-refractivity contribution in [1.29, 1.82) is 0 Å². The van der Waals surface area contributed by atoms with Crippen molar-refractivity contribution in [2.45, 2.75) is 26.3 Å². The summed E-state index contributed by atoms with van der Waals surface area (Å²) >= 11 is 0. The Morgan fingerprint density at radius 1 is 1.35 bits per heavy atom. The number of allylic oxidation sites excluding steroid dienone is 4. The predicted molar refractivity (Wildman–Crippen MR) is 75.7 cm³/mol. The molecule has 0 unspecified atom stereocenters. The van der Waals surface area contributed by atoms with Gasteiger partial charge in [0.1, 0.15) is 0 Å². The molecule has 0 atom stereocenters. The number of nitrogens with two attached hydrogens (primary N) is 1. The van der Waals surface area contributed by atoms with E-state index in [2.05, 4.69) is 43.5 Å². The van der Waals surface area contributed by atoms with Gasteiger partial charge in [0.25, 0.3) is 0 Å². The first-order valence-corrected chi connectivity index (χ1v) is 5.92. The Hall–Kier alpha value is -1.60. The van der Waals surface area contributed by atoms with E-state index < -0.39 is 0 Å². The van der Waals surface area contributed by atoms with Crippen molar-refractivity contribution >= 4 is 0 Å². The average Bonchev–Trinajstić information content (AvgIpc) is 2.34. The van der Waals surface area contributed by atoms with Crippen LogP contribution >= 0.6 is 0 Å². The second-order valence-electron chi connectivity index (χ2n) is 4.29. The fourth-order valence-corrected chi connectivity index (χ4v) is 1.75. The maximum atomic E-state index is 5.63. The van der Waals surface area contributed by atoms with E-state index in [1.165, 1.54) is 16.7 Å². The summed E-state index contributed by atoms with van der Waals surface area (Å²) in [4.78, 5) is 0. The van der Waals surface area contributed by atoms with Crippen molar-refractivity contribution in [3.05, 3.63) is 71.8 Å². The van der Waals surface area contributed by atoms with Crippen LogP contribution in [0.4, 0.5) is 0 Å². The van der Waals surface area contributed by atoms with Gasteiger partial charge in [0.05, 0.1) is 0 Å². The quantitative estimate of drug-likeness (QED) is 0.736. The zero-order valence-electron chi connectivity index (χ0n) is 10.6. The highest BCUT2D eigenvalue weighted by Gasteiger charge is 1.97. The van der Waals surface area contributed by atoms with Gasteiger partial charge in [-0.1, -0.05) is 55.1 Å². The zero-order valence-corrected chi connectivity index (χ0v) is 10.6. The standard InChI is InChI=1S/C16H21N/c1-4-14(10-13(2)3)8-9-15-6-5-7-16(11-15)12-17/h4-7,10-11H,1-2,8-9,12,17H2,3H3/b14-10+. The molecule has 0 spiro atoms. The SMILES string of the molecule is C=C/C(=C\C(=C)C)CCc1cccc(CN)c1. The second kappa shape index (κ2) is 6.87. The normalized spacial score (nSPS) is 11.3. The van der Waals surface area contributed by atoms with E-state index in [9.17, 15) is 0 Å². The highest BCUT2D eigenvalue weighted by Crippen LogP contribution is 2.13. The summed E-state index contributed by atoms with van der Waals surface area (Å²) in [5.74, 6) is 0. The number of rotatable bonds is 6. The molecular formula is C16H21N. The van der Waals surface area contributed by atoms with Gasteiger partial charge in [0, 0.05) is 6.54 Å². The molecule has 1 rings (SSSR count). The summed E-state index contributed by atoms with van der Waals surface area (Å²) in [7, 11) is 0. The Labute approximate surface area is 104 Å². The Bertz CT molecular complexity index is 427. The maximum absolute atomic E-state index is 5.63. The Morgan fingerprint density at radius 3 is 2.65 bits per heavy atom. The minimum atomic E-state index is 0.601. The smallest absolute Gasteiger partial charge is 0.0178 e. The van der Waals surface area contributed by atoms with Crippen LogP contribution in [0.2, 0.25) is 0 Å². The van der Waals surface area contributed by atoms with Crippen LogP contribution in [0.15, 0.2) is 60.7 Å². The predicted octanol–water partition coefficient (Wildman–Crippen LogP) is 3.77. The van der Waals surface area contributed by atoms with Gasteiger partial charge < -0.3 is 5.73 Å². The maximum Gasteiger partial charge on any atom is 0.0178 e. The van der Waals surface area contributed by atoms with Gasteiger partial charge in [-0.15, -0.1) is 0 Å². The molecule has 17 heavy (non-hydrogen) atoms. The van der Waals surface area contributed by atoms with E-state index in [1.807, 2.05) is 13.0 Å². The third-order valence-electron chi connectivity index (χ3n) is 2.62. The van der Waals surface area contributed by atoms with Crippen molar-refractivity contribution in [2.75, 3.05) is 0 Å². The largest absolute Gasteiger partial charge is 0.326 e. The van der Waals surface area contributed by atoms with Gasteiger partial charge >= 0.3 is 0 Å². The molecule has 0 radical (unpaired) electrons. The molecule has 0 saturated carbocycles. The summed E-state index contributed by atoms with van der Waals surface area (Å²) in [6.45, 7) is 10.3. The number of benzene rings is 1. The molecule has 0 aliphatic heterocycles. The first-order valence-electron chi connectivity index (χ1n) is 5.92. The summed E-state index contributed by atoms with van der Waals surface area (Å²) in [6.07, 6.45) is 5.99. The summed E-state index contributed by atoms with van der Waals surface area (Å²) in [5.41, 5.74) is 10.4. The molecule has 0 aromatic heterocycles. The molecule has 1 nitrogen and oxygen atoms in total. The molecule has 90 valence electrons. The minimum Gasteiger partial charge on any atom is -0.326 e. The van der Waals surface area contributed by atoms with Crippen LogP contribution in [0.1, 0.15) is 24.5 Å². The van der Waals surface area contributed by atoms with Gasteiger partial charge in [0.15, 0.2) is 0 Å². The van der Waals surface area contributed by atoms with Crippen molar-refractivity contribution in [3.8, 4) is 0 Å². The summed E-state index contributed by atoms with van der Waals surface area (Å²) < 4.78 is 0. The molecule has 0 bridgehead atoms. The van der Waals surface area contributed by atoms with Gasteiger partial charge in [-0.05, 0) is 36.5 Å². The summed E-state index contributed by atoms with van der Waals surface area (Å²) in [5, 5.41) is 0. The van der Waals surface area contributed by atoms with Crippen LogP contribution in [0, 0.1) is 0 Å². The van der Waals surface area contributed by atoms with Crippen LogP contribution in [-0.2, 0) is 13.0 Å². The van der Waals surface area contributed by atoms with Crippen LogP contribution in [0.3, 0.4) is 0 Å². The van der Waals surface area contributed by atoms with Gasteiger partial charge in [-0.3, -0.25) is 0 Å². The minimum absolute atomic E-state index is 0.601. The second-order valence-corrected chi connectivity index (χ2v) is 4.29. The number of aryl methyl sites for hydroxylation is 1. The first kappa shape index (κ1) is 13.5. The lowest BCUT2D eigenvalue weighted by molar-refractivity contribution is 0.954. The van der Waals surface area contributed by atoms with E-state index in [-0.39, 0.29) is 0 Å². The van der Waals surface area contributed by atoms with Crippen LogP contribution in [-0.4, -0.2) is 0 Å². The Kier molecular flexibility index (Phi) is 5.44. The Morgan fingerprint density at radius 2 is 2.06 bits per heavy atom. The van der Waals surface area contributed by atoms with E-state index in [1.54, 1.807) is 0 Å². The molecule has 0 amide bonds. The zero-order chi connectivity index (χ0) is 12.7. The fraction of sp³-hybridized carbons (Fsp3) is 0.250. The molecule has 0 aliphatic rings. The first-order chi connectivity index (χ1) is 8.15. The number of hydrogen-bond donors (Lipinski definition) is 1. The Balaban J connectivity index is 2.65. The van der Waals surface area contributed by atoms with Crippen molar-refractivity contribution in [1.82, 2.24) is 0 Å².